The van der Waals surface area contributed by atoms with Gasteiger partial charge in [-0.05, 0) is 6.92 Å². The molecule has 2 nitrogen and oxygen atoms in total. The van der Waals surface area contributed by atoms with Crippen molar-refractivity contribution in [1.82, 2.24) is 0 Å². The van der Waals surface area contributed by atoms with Gasteiger partial charge in [0.05, 0.1) is 6.07 Å². The smallest absolute Gasteiger partial charge is 0.359 e. The third kappa shape index (κ3) is 1.16. The number of thiol groups is 1. The Hall–Kier alpha value is -0.700. The Labute approximate surface area is 57.9 Å². The second-order valence-electron chi connectivity index (χ2n) is 1.71. The van der Waals surface area contributed by atoms with E-state index >= 15 is 0 Å². The van der Waals surface area contributed by atoms with Crippen LogP contribution in [0.2, 0.25) is 0 Å². The molecule has 0 aliphatic carbocycles. The number of rotatable bonds is 0. The molecular formula is C6H7O2S+. The highest BCUT2D eigenvalue weighted by molar-refractivity contribution is 7.80. The monoisotopic (exact) mass is 143 g/mol. The SMILES string of the molecule is Cc1occc(=[OH+])c1S. The second kappa shape index (κ2) is 2.27. The lowest BCUT2D eigenvalue weighted by Gasteiger charge is -1.88. The molecule has 1 heterocycles. The molecule has 48 valence electrons. The van der Waals surface area contributed by atoms with Gasteiger partial charge in [0.2, 0.25) is 0 Å². The summed E-state index contributed by atoms with van der Waals surface area (Å²) in [6, 6.07) is 1.45. The lowest BCUT2D eigenvalue weighted by atomic mass is 10.4. The molecule has 0 aliphatic rings. The topological polar surface area (TPSA) is 34.5 Å². The zero-order chi connectivity index (χ0) is 6.85. The van der Waals surface area contributed by atoms with Crippen molar-refractivity contribution >= 4 is 12.6 Å². The Morgan fingerprint density at radius 3 is 2.78 bits per heavy atom. The average Bonchev–Trinajstić information content (AvgIpc) is 1.83. The van der Waals surface area contributed by atoms with Crippen molar-refractivity contribution in [2.45, 2.75) is 11.8 Å². The fraction of sp³-hybridized carbons (Fsp3) is 0.167. The zero-order valence-corrected chi connectivity index (χ0v) is 5.85. The van der Waals surface area contributed by atoms with E-state index < -0.39 is 0 Å². The summed E-state index contributed by atoms with van der Waals surface area (Å²) in [5.74, 6) is 0.623. The van der Waals surface area contributed by atoms with Gasteiger partial charge in [-0.25, -0.2) is 0 Å². The van der Waals surface area contributed by atoms with Crippen LogP contribution in [0.1, 0.15) is 5.76 Å². The summed E-state index contributed by atoms with van der Waals surface area (Å²) < 4.78 is 4.90. The zero-order valence-electron chi connectivity index (χ0n) is 4.96. The summed E-state index contributed by atoms with van der Waals surface area (Å²) >= 11 is 3.97. The molecule has 0 aromatic carbocycles. The molecule has 0 amide bonds. The standard InChI is InChI=1S/C6H6O2S/c1-4-6(9)5(7)2-3-8-4/h2-3,9H,1H3/p+1. The van der Waals surface area contributed by atoms with Crippen molar-refractivity contribution in [3.05, 3.63) is 23.5 Å². The van der Waals surface area contributed by atoms with E-state index in [1.54, 1.807) is 6.92 Å². The van der Waals surface area contributed by atoms with Crippen LogP contribution in [-0.2, 0) is 0 Å². The molecular weight excluding hydrogens is 136 g/mol. The fourth-order valence-corrected chi connectivity index (χ4v) is 0.643. The van der Waals surface area contributed by atoms with Gasteiger partial charge in [0.15, 0.2) is 0 Å². The summed E-state index contributed by atoms with van der Waals surface area (Å²) in [6.07, 6.45) is 1.42. The van der Waals surface area contributed by atoms with Crippen molar-refractivity contribution in [1.29, 1.82) is 0 Å². The number of aryl methyl sites for hydroxylation is 1. The number of hydrogen-bond donors (Lipinski definition) is 1. The van der Waals surface area contributed by atoms with E-state index in [0.717, 1.165) is 0 Å². The molecule has 0 aliphatic heterocycles. The minimum absolute atomic E-state index is 0.155. The van der Waals surface area contributed by atoms with Crippen LogP contribution in [0, 0.1) is 6.92 Å². The van der Waals surface area contributed by atoms with Crippen LogP contribution >= 0.6 is 12.6 Å². The Bertz CT molecular complexity index is 264. The molecule has 0 saturated carbocycles. The fourth-order valence-electron chi connectivity index (χ4n) is 0.516. The Balaban J connectivity index is 3.43. The molecule has 1 N–H and O–H groups in total. The van der Waals surface area contributed by atoms with Crippen LogP contribution in [-0.4, -0.2) is 4.79 Å². The van der Waals surface area contributed by atoms with E-state index in [-0.39, 0.29) is 5.43 Å². The molecule has 1 aromatic rings. The molecule has 0 saturated heterocycles. The van der Waals surface area contributed by atoms with E-state index in [0.29, 0.717) is 10.7 Å². The maximum atomic E-state index is 8.96. The van der Waals surface area contributed by atoms with Crippen LogP contribution in [0.3, 0.4) is 0 Å². The summed E-state index contributed by atoms with van der Waals surface area (Å²) in [5, 5.41) is 0. The predicted octanol–water partition coefficient (Wildman–Crippen LogP) is 0.881. The van der Waals surface area contributed by atoms with Crippen LogP contribution in [0.25, 0.3) is 0 Å². The van der Waals surface area contributed by atoms with Gasteiger partial charge in [0, 0.05) is 0 Å². The molecule has 1 rings (SSSR count). The van der Waals surface area contributed by atoms with Crippen LogP contribution < -0.4 is 5.43 Å². The van der Waals surface area contributed by atoms with E-state index in [4.69, 9.17) is 9.21 Å². The molecule has 0 radical (unpaired) electrons. The molecule has 1 aromatic heterocycles. The minimum atomic E-state index is 0.155. The first-order chi connectivity index (χ1) is 4.22. The average molecular weight is 143 g/mol. The Morgan fingerprint density at radius 1 is 1.67 bits per heavy atom. The van der Waals surface area contributed by atoms with E-state index in [1.807, 2.05) is 0 Å². The summed E-state index contributed by atoms with van der Waals surface area (Å²) in [5.41, 5.74) is 0.155. The van der Waals surface area contributed by atoms with Crippen LogP contribution in [0.15, 0.2) is 21.6 Å². The van der Waals surface area contributed by atoms with E-state index in [2.05, 4.69) is 12.6 Å². The highest BCUT2D eigenvalue weighted by Gasteiger charge is 2.01. The second-order valence-corrected chi connectivity index (χ2v) is 2.16. The van der Waals surface area contributed by atoms with Crippen molar-refractivity contribution in [3.63, 3.8) is 0 Å². The third-order valence-electron chi connectivity index (χ3n) is 1.05. The third-order valence-corrected chi connectivity index (χ3v) is 1.59. The summed E-state index contributed by atoms with van der Waals surface area (Å²) in [7, 11) is 0. The lowest BCUT2D eigenvalue weighted by Crippen LogP contribution is -2.02. The first kappa shape index (κ1) is 6.42. The molecule has 0 fully saturated rings. The lowest BCUT2D eigenvalue weighted by molar-refractivity contribution is 0.471. The van der Waals surface area contributed by atoms with Crippen molar-refractivity contribution in [2.24, 2.45) is 0 Å². The van der Waals surface area contributed by atoms with Crippen molar-refractivity contribution in [2.75, 3.05) is 0 Å². The molecule has 0 spiro atoms. The maximum absolute atomic E-state index is 8.96. The van der Waals surface area contributed by atoms with Gasteiger partial charge in [-0.3, -0.25) is 4.79 Å². The molecule has 9 heavy (non-hydrogen) atoms. The van der Waals surface area contributed by atoms with Gasteiger partial charge in [0.25, 0.3) is 0 Å². The number of hydrogen-bond acceptors (Lipinski definition) is 2. The Kier molecular flexibility index (Phi) is 1.62. The van der Waals surface area contributed by atoms with Crippen molar-refractivity contribution < 1.29 is 9.21 Å². The minimum Gasteiger partial charge on any atom is -0.468 e. The molecule has 0 bridgehead atoms. The summed E-state index contributed by atoms with van der Waals surface area (Å²) in [4.78, 5) is 9.46. The first-order valence-corrected chi connectivity index (χ1v) is 2.96. The molecule has 0 atom stereocenters. The van der Waals surface area contributed by atoms with Gasteiger partial charge in [-0.15, -0.1) is 12.6 Å². The van der Waals surface area contributed by atoms with Crippen molar-refractivity contribution in [3.8, 4) is 0 Å². The first-order valence-electron chi connectivity index (χ1n) is 2.51. The highest BCUT2D eigenvalue weighted by atomic mass is 32.1. The van der Waals surface area contributed by atoms with Gasteiger partial charge < -0.3 is 4.42 Å². The maximum Gasteiger partial charge on any atom is 0.359 e. The van der Waals surface area contributed by atoms with Gasteiger partial charge >= 0.3 is 5.43 Å². The quantitative estimate of drug-likeness (QED) is 0.424. The highest BCUT2D eigenvalue weighted by Crippen LogP contribution is 2.03. The summed E-state index contributed by atoms with van der Waals surface area (Å²) in [6.45, 7) is 1.74. The largest absolute Gasteiger partial charge is 0.468 e. The van der Waals surface area contributed by atoms with Crippen LogP contribution in [0.4, 0.5) is 0 Å². The van der Waals surface area contributed by atoms with Gasteiger partial charge in [0.1, 0.15) is 16.9 Å². The molecule has 3 heteroatoms. The van der Waals surface area contributed by atoms with Gasteiger partial charge in [-0.2, -0.15) is 0 Å². The molecule has 0 unspecified atom stereocenters. The van der Waals surface area contributed by atoms with Gasteiger partial charge in [-0.1, -0.05) is 0 Å². The van der Waals surface area contributed by atoms with Crippen LogP contribution in [0.5, 0.6) is 0 Å². The predicted molar refractivity (Wildman–Crippen MR) is 35.8 cm³/mol. The van der Waals surface area contributed by atoms with E-state index in [9.17, 15) is 0 Å². The normalized spacial score (nSPS) is 9.56. The Morgan fingerprint density at radius 2 is 2.33 bits per heavy atom. The van der Waals surface area contributed by atoms with E-state index in [1.165, 1.54) is 12.3 Å².